The highest BCUT2D eigenvalue weighted by Crippen LogP contribution is 2.32. The maximum Gasteiger partial charge on any atom is 0.238 e. The standard InChI is InChI=1S/C27H29N3O4S/c28-35(33,34)25-12-5-4-9-22(25)21-15-13-20(14-16-21)18-30-27(32)24-11-6-10-23(24)26(31)29-17-19-7-2-1-3-8-19/h1-5,7-9,12-16,23-24H,6,10-11,17-18H2,(H,29,31)(H,30,32)(H2,28,33,34)/t23?,24-/m1/s1. The van der Waals surface area contributed by atoms with E-state index in [0.29, 0.717) is 31.5 Å². The van der Waals surface area contributed by atoms with Gasteiger partial charge in [-0.05, 0) is 35.6 Å². The molecule has 35 heavy (non-hydrogen) atoms. The maximum atomic E-state index is 12.9. The summed E-state index contributed by atoms with van der Waals surface area (Å²) in [5.74, 6) is -0.863. The number of rotatable bonds is 8. The lowest BCUT2D eigenvalue weighted by Crippen LogP contribution is -2.39. The van der Waals surface area contributed by atoms with Gasteiger partial charge in [0.05, 0.1) is 4.90 Å². The molecule has 3 aromatic rings. The molecule has 1 unspecified atom stereocenters. The van der Waals surface area contributed by atoms with Crippen LogP contribution in [0.15, 0.2) is 83.8 Å². The van der Waals surface area contributed by atoms with Gasteiger partial charge in [0.1, 0.15) is 0 Å². The van der Waals surface area contributed by atoms with Gasteiger partial charge in [-0.25, -0.2) is 13.6 Å². The van der Waals surface area contributed by atoms with E-state index < -0.39 is 10.0 Å². The molecular formula is C27H29N3O4S. The van der Waals surface area contributed by atoms with Crippen molar-refractivity contribution in [1.82, 2.24) is 10.6 Å². The molecular weight excluding hydrogens is 462 g/mol. The number of nitrogens with one attached hydrogen (secondary N) is 2. The predicted molar refractivity (Wildman–Crippen MR) is 134 cm³/mol. The number of benzene rings is 3. The number of amides is 2. The van der Waals surface area contributed by atoms with Crippen LogP contribution in [0.2, 0.25) is 0 Å². The summed E-state index contributed by atoms with van der Waals surface area (Å²) in [6, 6.07) is 23.6. The third kappa shape index (κ3) is 6.15. The van der Waals surface area contributed by atoms with Crippen LogP contribution in [0.4, 0.5) is 0 Å². The zero-order chi connectivity index (χ0) is 24.8. The molecule has 7 nitrogen and oxygen atoms in total. The highest BCUT2D eigenvalue weighted by molar-refractivity contribution is 7.89. The molecule has 1 aliphatic carbocycles. The Balaban J connectivity index is 1.35. The molecule has 0 saturated heterocycles. The van der Waals surface area contributed by atoms with Crippen molar-refractivity contribution in [3.63, 3.8) is 0 Å². The van der Waals surface area contributed by atoms with Gasteiger partial charge in [-0.2, -0.15) is 0 Å². The predicted octanol–water partition coefficient (Wildman–Crippen LogP) is 3.35. The lowest BCUT2D eigenvalue weighted by molar-refractivity contribution is -0.133. The number of hydrogen-bond acceptors (Lipinski definition) is 4. The molecule has 1 saturated carbocycles. The molecule has 0 radical (unpaired) electrons. The van der Waals surface area contributed by atoms with Crippen LogP contribution >= 0.6 is 0 Å². The minimum atomic E-state index is -3.84. The van der Waals surface area contributed by atoms with E-state index >= 15 is 0 Å². The van der Waals surface area contributed by atoms with Gasteiger partial charge in [0, 0.05) is 30.5 Å². The monoisotopic (exact) mass is 491 g/mol. The molecule has 2 amide bonds. The van der Waals surface area contributed by atoms with Crippen LogP contribution in [0.1, 0.15) is 30.4 Å². The number of carbonyl (C=O) groups excluding carboxylic acids is 2. The summed E-state index contributed by atoms with van der Waals surface area (Å²) in [6.45, 7) is 0.774. The second-order valence-electron chi connectivity index (χ2n) is 8.80. The van der Waals surface area contributed by atoms with Gasteiger partial charge in [0.2, 0.25) is 21.8 Å². The van der Waals surface area contributed by atoms with Crippen molar-refractivity contribution in [2.75, 3.05) is 0 Å². The smallest absolute Gasteiger partial charge is 0.238 e. The normalized spacial score (nSPS) is 17.6. The Morgan fingerprint density at radius 3 is 1.83 bits per heavy atom. The fourth-order valence-electron chi connectivity index (χ4n) is 4.58. The number of sulfonamides is 1. The van der Waals surface area contributed by atoms with E-state index in [0.717, 1.165) is 23.1 Å². The molecule has 0 bridgehead atoms. The molecule has 4 N–H and O–H groups in total. The molecule has 3 aromatic carbocycles. The van der Waals surface area contributed by atoms with E-state index in [1.807, 2.05) is 42.5 Å². The molecule has 1 fully saturated rings. The summed E-state index contributed by atoms with van der Waals surface area (Å²) in [5, 5.41) is 11.3. The zero-order valence-electron chi connectivity index (χ0n) is 19.3. The Morgan fingerprint density at radius 2 is 1.26 bits per heavy atom. The summed E-state index contributed by atoms with van der Waals surface area (Å²) >= 11 is 0. The van der Waals surface area contributed by atoms with Gasteiger partial charge in [-0.15, -0.1) is 0 Å². The largest absolute Gasteiger partial charge is 0.352 e. The second kappa shape index (κ2) is 10.8. The summed E-state index contributed by atoms with van der Waals surface area (Å²) in [7, 11) is -3.84. The van der Waals surface area contributed by atoms with E-state index in [2.05, 4.69) is 10.6 Å². The Morgan fingerprint density at radius 1 is 0.743 bits per heavy atom. The molecule has 8 heteroatoms. The van der Waals surface area contributed by atoms with Gasteiger partial charge in [0.15, 0.2) is 0 Å². The van der Waals surface area contributed by atoms with Crippen molar-refractivity contribution in [3.8, 4) is 11.1 Å². The van der Waals surface area contributed by atoms with Crippen LogP contribution in [-0.4, -0.2) is 20.2 Å². The average Bonchev–Trinajstić information content (AvgIpc) is 3.37. The van der Waals surface area contributed by atoms with Crippen molar-refractivity contribution in [1.29, 1.82) is 0 Å². The molecule has 2 atom stereocenters. The Bertz CT molecular complexity index is 1290. The third-order valence-electron chi connectivity index (χ3n) is 6.42. The van der Waals surface area contributed by atoms with E-state index in [1.165, 1.54) is 6.07 Å². The SMILES string of the molecule is NS(=O)(=O)c1ccccc1-c1ccc(CNC(=O)[C@@H]2CCCC2C(=O)NCc2ccccc2)cc1. The lowest BCUT2D eigenvalue weighted by atomic mass is 9.94. The van der Waals surface area contributed by atoms with E-state index in [1.54, 1.807) is 30.3 Å². The van der Waals surface area contributed by atoms with Gasteiger partial charge < -0.3 is 10.6 Å². The zero-order valence-corrected chi connectivity index (χ0v) is 20.1. The van der Waals surface area contributed by atoms with Crippen molar-refractivity contribution >= 4 is 21.8 Å². The minimum absolute atomic E-state index is 0.0684. The number of carbonyl (C=O) groups is 2. The van der Waals surface area contributed by atoms with E-state index in [-0.39, 0.29) is 28.5 Å². The average molecular weight is 492 g/mol. The van der Waals surface area contributed by atoms with Crippen molar-refractivity contribution in [2.45, 2.75) is 37.2 Å². The first-order valence-electron chi connectivity index (χ1n) is 11.6. The highest BCUT2D eigenvalue weighted by Gasteiger charge is 2.37. The molecule has 0 spiro atoms. The number of hydrogen-bond donors (Lipinski definition) is 3. The second-order valence-corrected chi connectivity index (χ2v) is 10.3. The summed E-state index contributed by atoms with van der Waals surface area (Å²) < 4.78 is 23.8. The van der Waals surface area contributed by atoms with E-state index in [4.69, 9.17) is 5.14 Å². The minimum Gasteiger partial charge on any atom is -0.352 e. The number of nitrogens with two attached hydrogens (primary N) is 1. The topological polar surface area (TPSA) is 118 Å². The van der Waals surface area contributed by atoms with Crippen LogP contribution in [0.3, 0.4) is 0 Å². The van der Waals surface area contributed by atoms with Crippen molar-refractivity contribution in [2.24, 2.45) is 17.0 Å². The lowest BCUT2D eigenvalue weighted by Gasteiger charge is -2.19. The van der Waals surface area contributed by atoms with Gasteiger partial charge in [-0.3, -0.25) is 9.59 Å². The summed E-state index contributed by atoms with van der Waals surface area (Å²) in [6.07, 6.45) is 2.25. The first-order valence-corrected chi connectivity index (χ1v) is 13.2. The quantitative estimate of drug-likeness (QED) is 0.448. The number of primary sulfonamides is 1. The summed E-state index contributed by atoms with van der Waals surface area (Å²) in [5.41, 5.74) is 3.14. The maximum absolute atomic E-state index is 12.9. The summed E-state index contributed by atoms with van der Waals surface area (Å²) in [4.78, 5) is 25.7. The molecule has 0 aromatic heterocycles. The van der Waals surface area contributed by atoms with Crippen LogP contribution < -0.4 is 15.8 Å². The van der Waals surface area contributed by atoms with Crippen LogP contribution in [0.5, 0.6) is 0 Å². The first-order chi connectivity index (χ1) is 16.8. The van der Waals surface area contributed by atoms with Crippen molar-refractivity contribution in [3.05, 3.63) is 90.0 Å². The molecule has 1 aliphatic rings. The first kappa shape index (κ1) is 24.6. The van der Waals surface area contributed by atoms with Gasteiger partial charge in [-0.1, -0.05) is 79.2 Å². The molecule has 0 aliphatic heterocycles. The Labute approximate surface area is 205 Å². The van der Waals surface area contributed by atoms with Crippen LogP contribution in [0, 0.1) is 11.8 Å². The fraction of sp³-hybridized carbons (Fsp3) is 0.259. The van der Waals surface area contributed by atoms with Crippen molar-refractivity contribution < 1.29 is 18.0 Å². The van der Waals surface area contributed by atoms with Gasteiger partial charge >= 0.3 is 0 Å². The molecule has 182 valence electrons. The van der Waals surface area contributed by atoms with E-state index in [9.17, 15) is 18.0 Å². The van der Waals surface area contributed by atoms with Crippen LogP contribution in [0.25, 0.3) is 11.1 Å². The molecule has 0 heterocycles. The third-order valence-corrected chi connectivity index (χ3v) is 7.39. The van der Waals surface area contributed by atoms with Gasteiger partial charge in [0.25, 0.3) is 0 Å². The fourth-order valence-corrected chi connectivity index (χ4v) is 5.34. The molecule has 4 rings (SSSR count). The Hall–Kier alpha value is -3.49. The Kier molecular flexibility index (Phi) is 7.63. The van der Waals surface area contributed by atoms with Crippen LogP contribution in [-0.2, 0) is 32.7 Å². The highest BCUT2D eigenvalue weighted by atomic mass is 32.2.